The maximum Gasteiger partial charge on any atom is 0.144 e. The molecule has 0 bridgehead atoms. The van der Waals surface area contributed by atoms with Gasteiger partial charge < -0.3 is 5.73 Å². The summed E-state index contributed by atoms with van der Waals surface area (Å²) in [7, 11) is 0. The Kier molecular flexibility index (Phi) is 3.82. The minimum Gasteiger partial charge on any atom is -0.327 e. The van der Waals surface area contributed by atoms with Gasteiger partial charge in [0.25, 0.3) is 0 Å². The van der Waals surface area contributed by atoms with E-state index in [-0.39, 0.29) is 11.5 Å². The van der Waals surface area contributed by atoms with E-state index < -0.39 is 0 Å². The fourth-order valence-corrected chi connectivity index (χ4v) is 3.39. The highest BCUT2D eigenvalue weighted by molar-refractivity contribution is 5.88. The molecule has 0 aliphatic heterocycles. The summed E-state index contributed by atoms with van der Waals surface area (Å²) >= 11 is 0. The molecule has 0 aromatic heterocycles. The quantitative estimate of drug-likeness (QED) is 0.905. The minimum absolute atomic E-state index is 0.0334. The van der Waals surface area contributed by atoms with Gasteiger partial charge in [-0.15, -0.1) is 0 Å². The van der Waals surface area contributed by atoms with Crippen molar-refractivity contribution in [3.63, 3.8) is 0 Å². The number of rotatable bonds is 3. The lowest BCUT2D eigenvalue weighted by Gasteiger charge is -2.28. The SMILES string of the molecule is Cc1cc(C)c(CC(=O)C2(C)CCCC2N)c(C)c1. The van der Waals surface area contributed by atoms with Crippen molar-refractivity contribution < 1.29 is 4.79 Å². The molecule has 1 aliphatic carbocycles. The van der Waals surface area contributed by atoms with E-state index in [9.17, 15) is 4.79 Å². The van der Waals surface area contributed by atoms with Gasteiger partial charge >= 0.3 is 0 Å². The van der Waals surface area contributed by atoms with Gasteiger partial charge in [0.1, 0.15) is 5.78 Å². The Morgan fingerprint density at radius 2 is 1.89 bits per heavy atom. The van der Waals surface area contributed by atoms with Crippen molar-refractivity contribution in [2.24, 2.45) is 11.1 Å². The number of ketones is 1. The molecule has 0 radical (unpaired) electrons. The van der Waals surface area contributed by atoms with Crippen molar-refractivity contribution in [2.45, 2.75) is 59.4 Å². The first-order chi connectivity index (χ1) is 8.84. The standard InChI is InChI=1S/C17H25NO/c1-11-8-12(2)14(13(3)9-11)10-16(19)17(4)7-5-6-15(17)18/h8-9,15H,5-7,10,18H2,1-4H3. The maximum absolute atomic E-state index is 12.7. The Balaban J connectivity index is 2.25. The third kappa shape index (κ3) is 2.59. The highest BCUT2D eigenvalue weighted by Crippen LogP contribution is 2.38. The van der Waals surface area contributed by atoms with E-state index in [4.69, 9.17) is 5.73 Å². The third-order valence-corrected chi connectivity index (χ3v) is 4.84. The molecule has 19 heavy (non-hydrogen) atoms. The first kappa shape index (κ1) is 14.3. The van der Waals surface area contributed by atoms with E-state index in [2.05, 4.69) is 32.9 Å². The molecule has 104 valence electrons. The average molecular weight is 259 g/mol. The first-order valence-electron chi connectivity index (χ1n) is 7.20. The zero-order chi connectivity index (χ0) is 14.2. The van der Waals surface area contributed by atoms with Gasteiger partial charge in [-0.25, -0.2) is 0 Å². The summed E-state index contributed by atoms with van der Waals surface area (Å²) in [6.45, 7) is 8.34. The van der Waals surface area contributed by atoms with E-state index in [1.54, 1.807) is 0 Å². The van der Waals surface area contributed by atoms with Crippen LogP contribution in [0.3, 0.4) is 0 Å². The van der Waals surface area contributed by atoms with E-state index in [0.29, 0.717) is 12.2 Å². The van der Waals surface area contributed by atoms with Gasteiger partial charge in [-0.3, -0.25) is 4.79 Å². The lowest BCUT2D eigenvalue weighted by atomic mass is 9.77. The molecule has 0 amide bonds. The Hall–Kier alpha value is -1.15. The Bertz CT molecular complexity index is 483. The lowest BCUT2D eigenvalue weighted by Crippen LogP contribution is -2.42. The molecule has 0 heterocycles. The molecule has 0 saturated heterocycles. The summed E-state index contributed by atoms with van der Waals surface area (Å²) in [6, 6.07) is 4.35. The van der Waals surface area contributed by atoms with Crippen molar-refractivity contribution in [3.8, 4) is 0 Å². The zero-order valence-electron chi connectivity index (χ0n) is 12.5. The van der Waals surface area contributed by atoms with Crippen LogP contribution in [0.2, 0.25) is 0 Å². The summed E-state index contributed by atoms with van der Waals surface area (Å²) < 4.78 is 0. The number of aryl methyl sites for hydroxylation is 3. The normalized spacial score (nSPS) is 26.7. The van der Waals surface area contributed by atoms with Gasteiger partial charge in [0.2, 0.25) is 0 Å². The van der Waals surface area contributed by atoms with Crippen LogP contribution in [0.15, 0.2) is 12.1 Å². The number of Topliss-reactive ketones (excluding diaryl/α,β-unsaturated/α-hetero) is 1. The monoisotopic (exact) mass is 259 g/mol. The van der Waals surface area contributed by atoms with Crippen LogP contribution in [0.5, 0.6) is 0 Å². The molecule has 2 atom stereocenters. The van der Waals surface area contributed by atoms with Gasteiger partial charge in [-0.05, 0) is 50.3 Å². The van der Waals surface area contributed by atoms with Gasteiger partial charge in [0, 0.05) is 17.9 Å². The van der Waals surface area contributed by atoms with Crippen LogP contribution in [0, 0.1) is 26.2 Å². The fraction of sp³-hybridized carbons (Fsp3) is 0.588. The molecule has 2 rings (SSSR count). The van der Waals surface area contributed by atoms with Crippen LogP contribution in [0.1, 0.15) is 48.4 Å². The number of hydrogen-bond donors (Lipinski definition) is 1. The van der Waals surface area contributed by atoms with Gasteiger partial charge in [-0.2, -0.15) is 0 Å². The van der Waals surface area contributed by atoms with Crippen molar-refractivity contribution in [3.05, 3.63) is 34.4 Å². The highest BCUT2D eigenvalue weighted by Gasteiger charge is 2.42. The largest absolute Gasteiger partial charge is 0.327 e. The molecule has 1 aromatic carbocycles. The lowest BCUT2D eigenvalue weighted by molar-refractivity contribution is -0.127. The van der Waals surface area contributed by atoms with Gasteiger partial charge in [0.15, 0.2) is 0 Å². The topological polar surface area (TPSA) is 43.1 Å². The first-order valence-corrected chi connectivity index (χ1v) is 7.20. The molecule has 2 N–H and O–H groups in total. The predicted octanol–water partition coefficient (Wildman–Crippen LogP) is 3.24. The average Bonchev–Trinajstić information content (AvgIpc) is 2.65. The molecule has 1 aromatic rings. The molecule has 1 saturated carbocycles. The summed E-state index contributed by atoms with van der Waals surface area (Å²) in [5, 5.41) is 0. The van der Waals surface area contributed by atoms with Crippen LogP contribution < -0.4 is 5.73 Å². The van der Waals surface area contributed by atoms with Crippen LogP contribution in [0.25, 0.3) is 0 Å². The van der Waals surface area contributed by atoms with Crippen LogP contribution in [-0.4, -0.2) is 11.8 Å². The summed E-state index contributed by atoms with van der Waals surface area (Å²) in [5.74, 6) is 0.313. The van der Waals surface area contributed by atoms with Gasteiger partial charge in [-0.1, -0.05) is 31.0 Å². The third-order valence-electron chi connectivity index (χ3n) is 4.84. The summed E-state index contributed by atoms with van der Waals surface area (Å²) in [4.78, 5) is 12.7. The maximum atomic E-state index is 12.7. The van der Waals surface area contributed by atoms with Crippen molar-refractivity contribution in [1.82, 2.24) is 0 Å². The Labute approximate surface area is 116 Å². The van der Waals surface area contributed by atoms with Crippen LogP contribution in [0.4, 0.5) is 0 Å². The Morgan fingerprint density at radius 3 is 2.37 bits per heavy atom. The highest BCUT2D eigenvalue weighted by atomic mass is 16.1. The van der Waals surface area contributed by atoms with Crippen molar-refractivity contribution in [2.75, 3.05) is 0 Å². The van der Waals surface area contributed by atoms with E-state index >= 15 is 0 Å². The van der Waals surface area contributed by atoms with E-state index in [0.717, 1.165) is 19.3 Å². The summed E-state index contributed by atoms with van der Waals surface area (Å²) in [5.41, 5.74) is 10.7. The predicted molar refractivity (Wildman–Crippen MR) is 79.3 cm³/mol. The molecule has 2 nitrogen and oxygen atoms in total. The second-order valence-electron chi connectivity index (χ2n) is 6.39. The second-order valence-corrected chi connectivity index (χ2v) is 6.39. The fourth-order valence-electron chi connectivity index (χ4n) is 3.39. The number of nitrogens with two attached hydrogens (primary N) is 1. The number of benzene rings is 1. The number of carbonyl (C=O) groups is 1. The molecule has 2 heteroatoms. The zero-order valence-corrected chi connectivity index (χ0v) is 12.5. The number of hydrogen-bond acceptors (Lipinski definition) is 2. The van der Waals surface area contributed by atoms with Crippen molar-refractivity contribution >= 4 is 5.78 Å². The molecule has 1 fully saturated rings. The molecule has 1 aliphatic rings. The molecular formula is C17H25NO. The smallest absolute Gasteiger partial charge is 0.144 e. The number of carbonyl (C=O) groups excluding carboxylic acids is 1. The molecular weight excluding hydrogens is 234 g/mol. The van der Waals surface area contributed by atoms with Gasteiger partial charge in [0.05, 0.1) is 0 Å². The van der Waals surface area contributed by atoms with Crippen LogP contribution in [-0.2, 0) is 11.2 Å². The van der Waals surface area contributed by atoms with E-state index in [1.807, 2.05) is 6.92 Å². The van der Waals surface area contributed by atoms with Crippen LogP contribution >= 0.6 is 0 Å². The molecule has 2 unspecified atom stereocenters. The minimum atomic E-state index is -0.316. The summed E-state index contributed by atoms with van der Waals surface area (Å²) in [6.07, 6.45) is 3.53. The second kappa shape index (κ2) is 5.09. The molecule has 0 spiro atoms. The van der Waals surface area contributed by atoms with Crippen molar-refractivity contribution in [1.29, 1.82) is 0 Å². The Morgan fingerprint density at radius 1 is 1.32 bits per heavy atom. The van der Waals surface area contributed by atoms with E-state index in [1.165, 1.54) is 22.3 Å².